The van der Waals surface area contributed by atoms with Crippen molar-refractivity contribution < 1.29 is 14.6 Å². The highest BCUT2D eigenvalue weighted by Crippen LogP contribution is 2.30. The SMILES string of the molecule is CN(CC(O)CN1CCOCC1)C(=O)C1CC1. The molecule has 5 nitrogen and oxygen atoms in total. The number of carbonyl (C=O) groups is 1. The van der Waals surface area contributed by atoms with Gasteiger partial charge in [-0.15, -0.1) is 0 Å². The van der Waals surface area contributed by atoms with Crippen molar-refractivity contribution in [1.82, 2.24) is 9.80 Å². The lowest BCUT2D eigenvalue weighted by atomic mass is 10.2. The van der Waals surface area contributed by atoms with Crippen LogP contribution < -0.4 is 0 Å². The number of morpholine rings is 1. The van der Waals surface area contributed by atoms with Crippen molar-refractivity contribution in [1.29, 1.82) is 0 Å². The summed E-state index contributed by atoms with van der Waals surface area (Å²) < 4.78 is 5.25. The van der Waals surface area contributed by atoms with E-state index in [0.29, 0.717) is 13.1 Å². The summed E-state index contributed by atoms with van der Waals surface area (Å²) in [6.45, 7) is 4.29. The number of amides is 1. The summed E-state index contributed by atoms with van der Waals surface area (Å²) >= 11 is 0. The van der Waals surface area contributed by atoms with E-state index in [2.05, 4.69) is 4.90 Å². The van der Waals surface area contributed by atoms with Gasteiger partial charge >= 0.3 is 0 Å². The molecule has 2 fully saturated rings. The first-order valence-electron chi connectivity index (χ1n) is 6.40. The van der Waals surface area contributed by atoms with E-state index in [9.17, 15) is 9.90 Å². The quantitative estimate of drug-likeness (QED) is 0.709. The molecule has 2 aliphatic rings. The number of aliphatic hydroxyl groups is 1. The summed E-state index contributed by atoms with van der Waals surface area (Å²) in [5.41, 5.74) is 0. The maximum atomic E-state index is 11.7. The van der Waals surface area contributed by atoms with Crippen molar-refractivity contribution in [2.75, 3.05) is 46.4 Å². The van der Waals surface area contributed by atoms with Gasteiger partial charge in [-0.25, -0.2) is 0 Å². The van der Waals surface area contributed by atoms with E-state index in [1.165, 1.54) is 0 Å². The Balaban J connectivity index is 1.68. The van der Waals surface area contributed by atoms with Crippen LogP contribution in [0.1, 0.15) is 12.8 Å². The van der Waals surface area contributed by atoms with Gasteiger partial charge in [-0.1, -0.05) is 0 Å². The zero-order chi connectivity index (χ0) is 12.3. The van der Waals surface area contributed by atoms with Crippen molar-refractivity contribution >= 4 is 5.91 Å². The molecular weight excluding hydrogens is 220 g/mol. The topological polar surface area (TPSA) is 53.0 Å². The number of rotatable bonds is 5. The monoisotopic (exact) mass is 242 g/mol. The maximum Gasteiger partial charge on any atom is 0.225 e. The minimum Gasteiger partial charge on any atom is -0.390 e. The van der Waals surface area contributed by atoms with Crippen LogP contribution in [0, 0.1) is 5.92 Å². The first kappa shape index (κ1) is 12.8. The van der Waals surface area contributed by atoms with Gasteiger partial charge in [0.05, 0.1) is 19.3 Å². The lowest BCUT2D eigenvalue weighted by molar-refractivity contribution is -0.132. The van der Waals surface area contributed by atoms with Crippen LogP contribution in [0.3, 0.4) is 0 Å². The Morgan fingerprint density at radius 1 is 1.47 bits per heavy atom. The van der Waals surface area contributed by atoms with Crippen LogP contribution in [0.2, 0.25) is 0 Å². The molecule has 1 aliphatic carbocycles. The van der Waals surface area contributed by atoms with Crippen molar-refractivity contribution in [3.63, 3.8) is 0 Å². The second-order valence-corrected chi connectivity index (χ2v) is 5.06. The Hall–Kier alpha value is -0.650. The van der Waals surface area contributed by atoms with E-state index in [4.69, 9.17) is 4.74 Å². The molecule has 5 heteroatoms. The number of hydrogen-bond donors (Lipinski definition) is 1. The van der Waals surface area contributed by atoms with E-state index >= 15 is 0 Å². The highest BCUT2D eigenvalue weighted by molar-refractivity contribution is 5.80. The van der Waals surface area contributed by atoms with Crippen molar-refractivity contribution in [3.05, 3.63) is 0 Å². The summed E-state index contributed by atoms with van der Waals surface area (Å²) in [6, 6.07) is 0. The summed E-state index contributed by atoms with van der Waals surface area (Å²) in [5.74, 6) is 0.418. The summed E-state index contributed by atoms with van der Waals surface area (Å²) in [5, 5.41) is 9.95. The van der Waals surface area contributed by atoms with E-state index in [1.54, 1.807) is 11.9 Å². The zero-order valence-corrected chi connectivity index (χ0v) is 10.5. The third-order valence-electron chi connectivity index (χ3n) is 3.36. The van der Waals surface area contributed by atoms with Gasteiger partial charge in [0, 0.05) is 39.1 Å². The van der Waals surface area contributed by atoms with Gasteiger partial charge in [0.15, 0.2) is 0 Å². The van der Waals surface area contributed by atoms with Crippen LogP contribution in [-0.2, 0) is 9.53 Å². The third kappa shape index (κ3) is 3.94. The first-order valence-corrected chi connectivity index (χ1v) is 6.40. The molecule has 0 aromatic heterocycles. The molecule has 1 unspecified atom stereocenters. The summed E-state index contributed by atoms with van der Waals surface area (Å²) in [6.07, 6.45) is 1.58. The molecule has 0 aromatic rings. The molecule has 1 saturated heterocycles. The van der Waals surface area contributed by atoms with Gasteiger partial charge in [-0.3, -0.25) is 9.69 Å². The van der Waals surface area contributed by atoms with Crippen LogP contribution in [0.15, 0.2) is 0 Å². The van der Waals surface area contributed by atoms with Crippen LogP contribution in [-0.4, -0.2) is 73.4 Å². The summed E-state index contributed by atoms with van der Waals surface area (Å²) in [4.78, 5) is 15.6. The molecule has 0 aromatic carbocycles. The Bertz CT molecular complexity index is 262. The van der Waals surface area contributed by atoms with Crippen molar-refractivity contribution in [2.24, 2.45) is 5.92 Å². The molecule has 17 heavy (non-hydrogen) atoms. The molecule has 0 radical (unpaired) electrons. The van der Waals surface area contributed by atoms with Gasteiger partial charge in [0.25, 0.3) is 0 Å². The van der Waals surface area contributed by atoms with Gasteiger partial charge in [-0.05, 0) is 12.8 Å². The van der Waals surface area contributed by atoms with E-state index in [-0.39, 0.29) is 11.8 Å². The maximum absolute atomic E-state index is 11.7. The molecule has 98 valence electrons. The van der Waals surface area contributed by atoms with Crippen LogP contribution in [0.25, 0.3) is 0 Å². The number of hydrogen-bond acceptors (Lipinski definition) is 4. The number of carbonyl (C=O) groups excluding carboxylic acids is 1. The predicted octanol–water partition coefficient (Wildman–Crippen LogP) is -0.452. The van der Waals surface area contributed by atoms with Crippen LogP contribution >= 0.6 is 0 Å². The molecule has 1 heterocycles. The smallest absolute Gasteiger partial charge is 0.225 e. The lowest BCUT2D eigenvalue weighted by Crippen LogP contribution is -2.45. The molecule has 0 spiro atoms. The minimum absolute atomic E-state index is 0.186. The predicted molar refractivity (Wildman–Crippen MR) is 63.6 cm³/mol. The Morgan fingerprint density at radius 3 is 2.71 bits per heavy atom. The number of β-amino-alcohol motifs (C(OH)–C–C–N with tert-alkyl or cyclic N) is 1. The third-order valence-corrected chi connectivity index (χ3v) is 3.36. The van der Waals surface area contributed by atoms with Gasteiger partial charge in [0.1, 0.15) is 0 Å². The Morgan fingerprint density at radius 2 is 2.12 bits per heavy atom. The Kier molecular flexibility index (Phi) is 4.36. The van der Waals surface area contributed by atoms with Crippen LogP contribution in [0.4, 0.5) is 0 Å². The largest absolute Gasteiger partial charge is 0.390 e. The highest BCUT2D eigenvalue weighted by atomic mass is 16.5. The van der Waals surface area contributed by atoms with Crippen LogP contribution in [0.5, 0.6) is 0 Å². The normalized spacial score (nSPS) is 23.4. The zero-order valence-electron chi connectivity index (χ0n) is 10.5. The van der Waals surface area contributed by atoms with Crippen molar-refractivity contribution in [3.8, 4) is 0 Å². The molecule has 0 bridgehead atoms. The molecule has 1 atom stereocenters. The first-order chi connectivity index (χ1) is 8.16. The Labute approximate surface area is 102 Å². The summed E-state index contributed by atoms with van der Waals surface area (Å²) in [7, 11) is 1.78. The molecule has 2 rings (SSSR count). The average Bonchev–Trinajstić information content (AvgIpc) is 3.13. The number of nitrogens with zero attached hydrogens (tertiary/aromatic N) is 2. The molecule has 1 N–H and O–H groups in total. The second-order valence-electron chi connectivity index (χ2n) is 5.06. The van der Waals surface area contributed by atoms with Crippen molar-refractivity contribution in [2.45, 2.75) is 18.9 Å². The van der Waals surface area contributed by atoms with Gasteiger partial charge in [0.2, 0.25) is 5.91 Å². The highest BCUT2D eigenvalue weighted by Gasteiger charge is 2.32. The second kappa shape index (κ2) is 5.80. The van der Waals surface area contributed by atoms with E-state index in [0.717, 1.165) is 39.1 Å². The number of ether oxygens (including phenoxy) is 1. The fraction of sp³-hybridized carbons (Fsp3) is 0.917. The number of aliphatic hydroxyl groups excluding tert-OH is 1. The van der Waals surface area contributed by atoms with Gasteiger partial charge < -0.3 is 14.7 Å². The fourth-order valence-electron chi connectivity index (χ4n) is 2.19. The molecule has 1 amide bonds. The van der Waals surface area contributed by atoms with E-state index < -0.39 is 6.10 Å². The molecular formula is C12H22N2O3. The fourth-order valence-corrected chi connectivity index (χ4v) is 2.19. The average molecular weight is 242 g/mol. The molecule has 1 aliphatic heterocycles. The lowest BCUT2D eigenvalue weighted by Gasteiger charge is -2.30. The standard InChI is InChI=1S/C12H22N2O3/c1-13(12(16)10-2-3-10)8-11(15)9-14-4-6-17-7-5-14/h10-11,15H,2-9H2,1H3. The molecule has 1 saturated carbocycles. The minimum atomic E-state index is -0.458. The number of likely N-dealkylation sites (N-methyl/N-ethyl adjacent to an activating group) is 1. The van der Waals surface area contributed by atoms with E-state index in [1.807, 2.05) is 0 Å². The van der Waals surface area contributed by atoms with Gasteiger partial charge in [-0.2, -0.15) is 0 Å².